The van der Waals surface area contributed by atoms with Crippen LogP contribution in [0.1, 0.15) is 19.4 Å². The highest BCUT2D eigenvalue weighted by molar-refractivity contribution is 6.30. The van der Waals surface area contributed by atoms with Crippen LogP contribution in [0, 0.1) is 0 Å². The van der Waals surface area contributed by atoms with Crippen molar-refractivity contribution in [1.29, 1.82) is 0 Å². The molecule has 0 aliphatic carbocycles. The molecule has 1 aromatic rings. The van der Waals surface area contributed by atoms with Crippen LogP contribution < -0.4 is 5.73 Å². The van der Waals surface area contributed by atoms with Gasteiger partial charge in [-0.3, -0.25) is 4.90 Å². The van der Waals surface area contributed by atoms with Gasteiger partial charge in [-0.05, 0) is 31.2 Å². The van der Waals surface area contributed by atoms with Crippen molar-refractivity contribution < 1.29 is 4.74 Å². The third-order valence-electron chi connectivity index (χ3n) is 2.71. The van der Waals surface area contributed by atoms with Crippen LogP contribution in [0.25, 0.3) is 0 Å². The fourth-order valence-corrected chi connectivity index (χ4v) is 1.82. The quantitative estimate of drug-likeness (QED) is 0.602. The summed E-state index contributed by atoms with van der Waals surface area (Å²) in [6.07, 6.45) is 0. The van der Waals surface area contributed by atoms with Crippen LogP contribution in [0.4, 0.5) is 5.69 Å². The Morgan fingerprint density at radius 2 is 2.12 bits per heavy atom. The first-order valence-electron chi connectivity index (χ1n) is 6.01. The number of halogens is 1. The number of nitrogens with two attached hydrogens (primary N) is 1. The SMILES string of the molecule is CCOCCN(CC)Cc1ccc(Cl)cc1N. The van der Waals surface area contributed by atoms with Gasteiger partial charge in [0.1, 0.15) is 0 Å². The Bertz CT molecular complexity index is 344. The van der Waals surface area contributed by atoms with Crippen LogP contribution in [0.2, 0.25) is 5.02 Å². The van der Waals surface area contributed by atoms with Gasteiger partial charge in [-0.25, -0.2) is 0 Å². The van der Waals surface area contributed by atoms with Crippen molar-refractivity contribution in [3.05, 3.63) is 28.8 Å². The van der Waals surface area contributed by atoms with E-state index in [1.807, 2.05) is 19.1 Å². The summed E-state index contributed by atoms with van der Waals surface area (Å²) in [6.45, 7) is 8.41. The van der Waals surface area contributed by atoms with Gasteiger partial charge in [0.25, 0.3) is 0 Å². The molecule has 0 saturated heterocycles. The van der Waals surface area contributed by atoms with Crippen molar-refractivity contribution in [3.63, 3.8) is 0 Å². The van der Waals surface area contributed by atoms with Gasteiger partial charge in [0.05, 0.1) is 6.61 Å². The van der Waals surface area contributed by atoms with Crippen molar-refractivity contribution in [1.82, 2.24) is 4.90 Å². The zero-order chi connectivity index (χ0) is 12.7. The molecule has 1 rings (SSSR count). The van der Waals surface area contributed by atoms with E-state index in [2.05, 4.69) is 11.8 Å². The van der Waals surface area contributed by atoms with Crippen molar-refractivity contribution >= 4 is 17.3 Å². The van der Waals surface area contributed by atoms with E-state index in [9.17, 15) is 0 Å². The summed E-state index contributed by atoms with van der Waals surface area (Å²) >= 11 is 5.88. The van der Waals surface area contributed by atoms with Gasteiger partial charge in [-0.15, -0.1) is 0 Å². The molecule has 17 heavy (non-hydrogen) atoms. The molecule has 0 fully saturated rings. The second-order valence-electron chi connectivity index (χ2n) is 3.91. The average molecular weight is 257 g/mol. The number of likely N-dealkylation sites (N-methyl/N-ethyl adjacent to an activating group) is 1. The summed E-state index contributed by atoms with van der Waals surface area (Å²) in [5, 5.41) is 0.684. The Morgan fingerprint density at radius 1 is 1.35 bits per heavy atom. The molecule has 0 bridgehead atoms. The predicted octanol–water partition coefficient (Wildman–Crippen LogP) is 2.78. The lowest BCUT2D eigenvalue weighted by Crippen LogP contribution is -2.27. The van der Waals surface area contributed by atoms with E-state index >= 15 is 0 Å². The zero-order valence-corrected chi connectivity index (χ0v) is 11.3. The predicted molar refractivity (Wildman–Crippen MR) is 73.3 cm³/mol. The highest BCUT2D eigenvalue weighted by Gasteiger charge is 2.06. The first-order chi connectivity index (χ1) is 8.17. The Kier molecular flexibility index (Phi) is 6.34. The molecule has 0 aliphatic heterocycles. The maximum Gasteiger partial charge on any atom is 0.0593 e. The molecule has 0 amide bonds. The van der Waals surface area contributed by atoms with E-state index in [-0.39, 0.29) is 0 Å². The molecule has 0 aliphatic rings. The highest BCUT2D eigenvalue weighted by Crippen LogP contribution is 2.19. The van der Waals surface area contributed by atoms with Gasteiger partial charge < -0.3 is 10.5 Å². The number of benzene rings is 1. The van der Waals surface area contributed by atoms with Gasteiger partial charge in [0.2, 0.25) is 0 Å². The summed E-state index contributed by atoms with van der Waals surface area (Å²) in [5.41, 5.74) is 7.81. The van der Waals surface area contributed by atoms with E-state index in [1.54, 1.807) is 6.07 Å². The fourth-order valence-electron chi connectivity index (χ4n) is 1.64. The van der Waals surface area contributed by atoms with E-state index < -0.39 is 0 Å². The molecule has 0 aromatic heterocycles. The highest BCUT2D eigenvalue weighted by atomic mass is 35.5. The van der Waals surface area contributed by atoms with Crippen molar-refractivity contribution in [2.24, 2.45) is 0 Å². The maximum absolute atomic E-state index is 5.94. The van der Waals surface area contributed by atoms with Gasteiger partial charge in [0.15, 0.2) is 0 Å². The van der Waals surface area contributed by atoms with Crippen molar-refractivity contribution in [2.45, 2.75) is 20.4 Å². The number of anilines is 1. The van der Waals surface area contributed by atoms with E-state index in [0.717, 1.165) is 44.1 Å². The normalized spacial score (nSPS) is 11.1. The number of ether oxygens (including phenoxy) is 1. The van der Waals surface area contributed by atoms with E-state index in [4.69, 9.17) is 22.1 Å². The fraction of sp³-hybridized carbons (Fsp3) is 0.538. The molecule has 0 spiro atoms. The standard InChI is InChI=1S/C13H21ClN2O/c1-3-16(7-8-17-4-2)10-11-5-6-12(14)9-13(11)15/h5-6,9H,3-4,7-8,10,15H2,1-2H3. The van der Waals surface area contributed by atoms with Crippen LogP contribution in [0.15, 0.2) is 18.2 Å². The van der Waals surface area contributed by atoms with Crippen LogP contribution in [-0.4, -0.2) is 31.2 Å². The third-order valence-corrected chi connectivity index (χ3v) is 2.94. The van der Waals surface area contributed by atoms with Gasteiger partial charge in [-0.1, -0.05) is 24.6 Å². The molecular weight excluding hydrogens is 236 g/mol. The Hall–Kier alpha value is -0.770. The number of hydrogen-bond acceptors (Lipinski definition) is 3. The molecule has 4 heteroatoms. The smallest absolute Gasteiger partial charge is 0.0593 e. The number of hydrogen-bond donors (Lipinski definition) is 1. The van der Waals surface area contributed by atoms with Gasteiger partial charge in [0, 0.05) is 30.4 Å². The maximum atomic E-state index is 5.94. The topological polar surface area (TPSA) is 38.5 Å². The first-order valence-corrected chi connectivity index (χ1v) is 6.39. The molecule has 0 radical (unpaired) electrons. The van der Waals surface area contributed by atoms with Crippen molar-refractivity contribution in [2.75, 3.05) is 32.0 Å². The summed E-state index contributed by atoms with van der Waals surface area (Å²) in [4.78, 5) is 2.30. The monoisotopic (exact) mass is 256 g/mol. The summed E-state index contributed by atoms with van der Waals surface area (Å²) in [5.74, 6) is 0. The van der Waals surface area contributed by atoms with Gasteiger partial charge in [-0.2, -0.15) is 0 Å². The Labute approximate surface area is 109 Å². The molecule has 1 aromatic carbocycles. The number of rotatable bonds is 7. The summed E-state index contributed by atoms with van der Waals surface area (Å²) < 4.78 is 5.36. The van der Waals surface area contributed by atoms with Crippen LogP contribution in [-0.2, 0) is 11.3 Å². The third kappa shape index (κ3) is 4.94. The molecular formula is C13H21ClN2O. The largest absolute Gasteiger partial charge is 0.398 e. The molecule has 3 nitrogen and oxygen atoms in total. The number of nitrogens with zero attached hydrogens (tertiary/aromatic N) is 1. The second-order valence-corrected chi connectivity index (χ2v) is 4.35. The minimum Gasteiger partial charge on any atom is -0.398 e. The van der Waals surface area contributed by atoms with E-state index in [1.165, 1.54) is 0 Å². The van der Waals surface area contributed by atoms with Crippen LogP contribution in [0.3, 0.4) is 0 Å². The summed E-state index contributed by atoms with van der Waals surface area (Å²) in [7, 11) is 0. The minimum atomic E-state index is 0.684. The zero-order valence-electron chi connectivity index (χ0n) is 10.6. The molecule has 0 atom stereocenters. The minimum absolute atomic E-state index is 0.684. The van der Waals surface area contributed by atoms with Gasteiger partial charge >= 0.3 is 0 Å². The molecule has 0 unspecified atom stereocenters. The van der Waals surface area contributed by atoms with Crippen LogP contribution in [0.5, 0.6) is 0 Å². The lowest BCUT2D eigenvalue weighted by molar-refractivity contribution is 0.113. The van der Waals surface area contributed by atoms with Crippen LogP contribution >= 0.6 is 11.6 Å². The average Bonchev–Trinajstić information content (AvgIpc) is 2.31. The summed E-state index contributed by atoms with van der Waals surface area (Å²) in [6, 6.07) is 5.66. The molecule has 96 valence electrons. The van der Waals surface area contributed by atoms with Crippen molar-refractivity contribution in [3.8, 4) is 0 Å². The number of nitrogen functional groups attached to an aromatic ring is 1. The molecule has 0 saturated carbocycles. The lowest BCUT2D eigenvalue weighted by Gasteiger charge is -2.21. The Morgan fingerprint density at radius 3 is 2.71 bits per heavy atom. The molecule has 0 heterocycles. The first kappa shape index (κ1) is 14.3. The molecule has 2 N–H and O–H groups in total. The Balaban J connectivity index is 2.54. The van der Waals surface area contributed by atoms with E-state index in [0.29, 0.717) is 5.02 Å². The lowest BCUT2D eigenvalue weighted by atomic mass is 10.1. The second kappa shape index (κ2) is 7.54.